The molecule has 0 spiro atoms. The van der Waals surface area contributed by atoms with Gasteiger partial charge in [0, 0.05) is 6.04 Å². The molecule has 15 heavy (non-hydrogen) atoms. The van der Waals surface area contributed by atoms with Gasteiger partial charge in [-0.05, 0) is 37.1 Å². The third kappa shape index (κ3) is 5.55. The average Bonchev–Trinajstić information content (AvgIpc) is 2.15. The molecule has 0 radical (unpaired) electrons. The molecule has 0 rings (SSSR count). The smallest absolute Gasteiger partial charge is 0.00643 e. The number of hydrogen-bond donors (Lipinski definition) is 1. The van der Waals surface area contributed by atoms with Crippen molar-refractivity contribution in [3.8, 4) is 0 Å². The van der Waals surface area contributed by atoms with Gasteiger partial charge in [-0.3, -0.25) is 0 Å². The van der Waals surface area contributed by atoms with Crippen LogP contribution in [-0.2, 0) is 0 Å². The summed E-state index contributed by atoms with van der Waals surface area (Å²) in [5.74, 6) is 3.14. The summed E-state index contributed by atoms with van der Waals surface area (Å²) in [5.41, 5.74) is 0. The summed E-state index contributed by atoms with van der Waals surface area (Å²) >= 11 is 0. The van der Waals surface area contributed by atoms with E-state index in [1.54, 1.807) is 0 Å². The highest BCUT2D eigenvalue weighted by Crippen LogP contribution is 2.20. The van der Waals surface area contributed by atoms with Crippen LogP contribution >= 0.6 is 0 Å². The number of nitrogens with one attached hydrogen (secondary N) is 1. The summed E-state index contributed by atoms with van der Waals surface area (Å²) in [5, 5.41) is 3.70. The molecule has 0 saturated carbocycles. The second kappa shape index (κ2) is 7.27. The Bertz CT molecular complexity index is 143. The van der Waals surface area contributed by atoms with Crippen LogP contribution in [0.5, 0.6) is 0 Å². The summed E-state index contributed by atoms with van der Waals surface area (Å²) in [4.78, 5) is 0. The molecular formula is C14H31N. The fourth-order valence-electron chi connectivity index (χ4n) is 2.12. The minimum Gasteiger partial charge on any atom is -0.314 e. The zero-order valence-electron chi connectivity index (χ0n) is 11.8. The Kier molecular flexibility index (Phi) is 7.25. The summed E-state index contributed by atoms with van der Waals surface area (Å²) in [6, 6.07) is 0.648. The van der Waals surface area contributed by atoms with Crippen molar-refractivity contribution in [1.29, 1.82) is 0 Å². The van der Waals surface area contributed by atoms with Crippen LogP contribution in [0.4, 0.5) is 0 Å². The molecule has 1 heteroatoms. The molecule has 0 aliphatic rings. The molecule has 2 unspecified atom stereocenters. The van der Waals surface area contributed by atoms with Crippen LogP contribution in [0.25, 0.3) is 0 Å². The van der Waals surface area contributed by atoms with Crippen molar-refractivity contribution in [2.45, 2.75) is 60.9 Å². The minimum absolute atomic E-state index is 0.648. The predicted molar refractivity (Wildman–Crippen MR) is 70.1 cm³/mol. The van der Waals surface area contributed by atoms with Gasteiger partial charge in [-0.1, -0.05) is 48.0 Å². The Balaban J connectivity index is 3.99. The van der Waals surface area contributed by atoms with Crippen molar-refractivity contribution in [3.63, 3.8) is 0 Å². The fourth-order valence-corrected chi connectivity index (χ4v) is 2.12. The first-order chi connectivity index (χ1) is 6.90. The fraction of sp³-hybridized carbons (Fsp3) is 1.00. The van der Waals surface area contributed by atoms with Crippen molar-refractivity contribution in [1.82, 2.24) is 5.32 Å². The van der Waals surface area contributed by atoms with Gasteiger partial charge in [0.1, 0.15) is 0 Å². The van der Waals surface area contributed by atoms with Crippen molar-refractivity contribution in [2.75, 3.05) is 6.54 Å². The summed E-state index contributed by atoms with van der Waals surface area (Å²) in [7, 11) is 0. The topological polar surface area (TPSA) is 12.0 Å². The van der Waals surface area contributed by atoms with Crippen LogP contribution < -0.4 is 5.32 Å². The lowest BCUT2D eigenvalue weighted by Gasteiger charge is -2.28. The molecule has 0 bridgehead atoms. The molecule has 0 aliphatic carbocycles. The van der Waals surface area contributed by atoms with Gasteiger partial charge in [-0.25, -0.2) is 0 Å². The third-order valence-corrected chi connectivity index (χ3v) is 3.89. The molecule has 0 aromatic heterocycles. The molecule has 0 aromatic carbocycles. The van der Waals surface area contributed by atoms with Crippen LogP contribution in [0.15, 0.2) is 0 Å². The van der Waals surface area contributed by atoms with Gasteiger partial charge in [-0.2, -0.15) is 0 Å². The van der Waals surface area contributed by atoms with Gasteiger partial charge in [-0.15, -0.1) is 0 Å². The lowest BCUT2D eigenvalue weighted by molar-refractivity contribution is 0.253. The van der Waals surface area contributed by atoms with Crippen LogP contribution in [-0.4, -0.2) is 12.6 Å². The Morgan fingerprint density at radius 2 is 1.33 bits per heavy atom. The van der Waals surface area contributed by atoms with E-state index in [-0.39, 0.29) is 0 Å². The molecule has 0 aromatic rings. The number of hydrogen-bond acceptors (Lipinski definition) is 1. The van der Waals surface area contributed by atoms with E-state index in [0.717, 1.165) is 23.7 Å². The maximum atomic E-state index is 3.70. The molecule has 2 atom stereocenters. The molecule has 0 saturated heterocycles. The quantitative estimate of drug-likeness (QED) is 0.675. The van der Waals surface area contributed by atoms with Gasteiger partial charge in [0.2, 0.25) is 0 Å². The van der Waals surface area contributed by atoms with Gasteiger partial charge in [0.25, 0.3) is 0 Å². The van der Waals surface area contributed by atoms with Crippen LogP contribution in [0.3, 0.4) is 0 Å². The van der Waals surface area contributed by atoms with E-state index in [1.165, 1.54) is 13.0 Å². The predicted octanol–water partition coefficient (Wildman–Crippen LogP) is 3.94. The highest BCUT2D eigenvalue weighted by atomic mass is 14.9. The van der Waals surface area contributed by atoms with E-state index >= 15 is 0 Å². The average molecular weight is 213 g/mol. The molecule has 1 N–H and O–H groups in total. The monoisotopic (exact) mass is 213 g/mol. The van der Waals surface area contributed by atoms with E-state index in [2.05, 4.69) is 53.8 Å². The second-order valence-corrected chi connectivity index (χ2v) is 5.73. The van der Waals surface area contributed by atoms with E-state index in [9.17, 15) is 0 Å². The first-order valence-corrected chi connectivity index (χ1v) is 6.63. The largest absolute Gasteiger partial charge is 0.314 e. The zero-order valence-corrected chi connectivity index (χ0v) is 11.8. The SMILES string of the molecule is CCC(C)C(C)NCC(C(C)C)C(C)C. The summed E-state index contributed by atoms with van der Waals surface area (Å²) < 4.78 is 0. The van der Waals surface area contributed by atoms with Crippen LogP contribution in [0, 0.1) is 23.7 Å². The van der Waals surface area contributed by atoms with Crippen molar-refractivity contribution >= 4 is 0 Å². The minimum atomic E-state index is 0.648. The van der Waals surface area contributed by atoms with E-state index in [1.807, 2.05) is 0 Å². The highest BCUT2D eigenvalue weighted by Gasteiger charge is 2.19. The lowest BCUT2D eigenvalue weighted by Crippen LogP contribution is -2.38. The van der Waals surface area contributed by atoms with Crippen LogP contribution in [0.1, 0.15) is 54.9 Å². The lowest BCUT2D eigenvalue weighted by atomic mass is 9.85. The van der Waals surface area contributed by atoms with Crippen molar-refractivity contribution < 1.29 is 0 Å². The van der Waals surface area contributed by atoms with Gasteiger partial charge < -0.3 is 5.32 Å². The maximum absolute atomic E-state index is 3.70. The molecule has 0 heterocycles. The molecule has 0 aliphatic heterocycles. The van der Waals surface area contributed by atoms with Crippen molar-refractivity contribution in [2.24, 2.45) is 23.7 Å². The van der Waals surface area contributed by atoms with Crippen molar-refractivity contribution in [3.05, 3.63) is 0 Å². The standard InChI is InChI=1S/C14H31N/c1-8-12(6)13(7)15-9-14(10(2)3)11(4)5/h10-15H,8-9H2,1-7H3. The molecular weight excluding hydrogens is 182 g/mol. The van der Waals surface area contributed by atoms with E-state index < -0.39 is 0 Å². The first-order valence-electron chi connectivity index (χ1n) is 6.63. The van der Waals surface area contributed by atoms with Gasteiger partial charge in [0.15, 0.2) is 0 Å². The molecule has 92 valence electrons. The van der Waals surface area contributed by atoms with Crippen LogP contribution in [0.2, 0.25) is 0 Å². The molecule has 0 amide bonds. The Morgan fingerprint density at radius 1 is 0.867 bits per heavy atom. The van der Waals surface area contributed by atoms with Gasteiger partial charge >= 0.3 is 0 Å². The Labute approximate surface area is 97.0 Å². The zero-order chi connectivity index (χ0) is 12.0. The third-order valence-electron chi connectivity index (χ3n) is 3.89. The Hall–Kier alpha value is -0.0400. The molecule has 0 fully saturated rings. The summed E-state index contributed by atoms with van der Waals surface area (Å²) in [6.07, 6.45) is 1.27. The Morgan fingerprint density at radius 3 is 1.67 bits per heavy atom. The molecule has 1 nitrogen and oxygen atoms in total. The maximum Gasteiger partial charge on any atom is 0.00643 e. The second-order valence-electron chi connectivity index (χ2n) is 5.73. The van der Waals surface area contributed by atoms with E-state index in [4.69, 9.17) is 0 Å². The van der Waals surface area contributed by atoms with Gasteiger partial charge in [0.05, 0.1) is 0 Å². The highest BCUT2D eigenvalue weighted by molar-refractivity contribution is 4.73. The van der Waals surface area contributed by atoms with E-state index in [0.29, 0.717) is 6.04 Å². The first kappa shape index (κ1) is 15.0. The normalized spacial score (nSPS) is 16.4. The summed E-state index contributed by atoms with van der Waals surface area (Å²) in [6.45, 7) is 17.4. The number of rotatable bonds is 7.